The molecule has 10 aromatic rings. The van der Waals surface area contributed by atoms with Crippen LogP contribution in [0, 0.1) is 5.41 Å². The van der Waals surface area contributed by atoms with E-state index in [0.717, 1.165) is 35.9 Å². The van der Waals surface area contributed by atoms with Crippen molar-refractivity contribution >= 4 is 349 Å². The van der Waals surface area contributed by atoms with Crippen molar-refractivity contribution in [3.63, 3.8) is 0 Å². The Balaban J connectivity index is 0.00000139. The number of carbonyl (C=O) groups excluding carboxylic acids is 5. The molecule has 1 aliphatic heterocycles. The molecule has 47 heteroatoms. The Labute approximate surface area is 836 Å². The summed E-state index contributed by atoms with van der Waals surface area (Å²) in [4.78, 5) is 92.2. The fourth-order valence-electron chi connectivity index (χ4n) is 7.95. The number of aromatic amines is 3. The monoisotopic (exact) mass is 2350 g/mol. The third-order valence-electron chi connectivity index (χ3n) is 12.7. The van der Waals surface area contributed by atoms with Gasteiger partial charge < -0.3 is 42.7 Å². The Hall–Kier alpha value is -7.26. The van der Waals surface area contributed by atoms with Gasteiger partial charge in [0.2, 0.25) is 5.24 Å². The van der Waals surface area contributed by atoms with Gasteiger partial charge in [-0.2, -0.15) is 20.4 Å². The number of nitrogens with two attached hydrogens (primary N) is 4. The van der Waals surface area contributed by atoms with E-state index in [4.69, 9.17) is 230 Å². The summed E-state index contributed by atoms with van der Waals surface area (Å²) >= 11 is 94.7. The zero-order valence-corrected chi connectivity index (χ0v) is 82.1. The fourth-order valence-corrected chi connectivity index (χ4v) is 12.2. The van der Waals surface area contributed by atoms with Crippen LogP contribution in [0.1, 0.15) is 61.0 Å². The summed E-state index contributed by atoms with van der Waals surface area (Å²) in [5, 5.41) is 54.5. The van der Waals surface area contributed by atoms with Gasteiger partial charge in [-0.1, -0.05) is 205 Å². The molecule has 14 N–H and O–H groups in total. The summed E-state index contributed by atoms with van der Waals surface area (Å²) in [5.41, 5.74) is 21.1. The van der Waals surface area contributed by atoms with E-state index in [2.05, 4.69) is 83.0 Å². The van der Waals surface area contributed by atoms with E-state index in [-0.39, 0.29) is 79.7 Å². The van der Waals surface area contributed by atoms with E-state index < -0.39 is 40.9 Å². The van der Waals surface area contributed by atoms with Crippen molar-refractivity contribution in [1.29, 1.82) is 5.41 Å². The third kappa shape index (κ3) is 48.3. The minimum absolute atomic E-state index is 0. The van der Waals surface area contributed by atoms with Crippen LogP contribution in [0.4, 0.5) is 0 Å². The van der Waals surface area contributed by atoms with E-state index in [1.165, 1.54) is 42.1 Å². The molecule has 0 spiro atoms. The molecule has 0 saturated carbocycles. The molecule has 0 atom stereocenters. The number of carboxylic acid groups (broad SMARTS) is 2. The molecule has 3 aromatic heterocycles. The maximum atomic E-state index is 11.4. The SMILES string of the molecule is C.CC(C)OC(=O)/C=C\c1nc(-c2cc(Cl)cc(Cl)c2)n[nH]1.CI.CSC(=N)c1cc(Cl)cc(Cl)c1.I.I.NC(=NCC(=O)/C=C\C(=O)O)c1cc(Cl)cc(Cl)c1.NC(=S)c1cc(Cl)cc(Cl)c1.NN=C(N)c1cc(Cl)cc(Cl)c1.O=C(Cl)/C=C\c1nc(-c2cc(Cl)cc(Cl)c2)n[nH]1.O=C(O)/C=C\c1nc(-c2cc(Cl)cc(Cl)c2)n[nH]1.O=C1C=CC(=O)O1. The summed E-state index contributed by atoms with van der Waals surface area (Å²) < 4.78 is 8.94. The highest BCUT2D eigenvalue weighted by Crippen LogP contribution is 2.30. The Morgan fingerprint density at radius 1 is 0.496 bits per heavy atom. The number of carbonyl (C=O) groups is 7. The first-order chi connectivity index (χ1) is 56.5. The first kappa shape index (κ1) is 116. The topological polar surface area (TPSA) is 456 Å². The number of alkyl halides is 1. The molecular formula is C76H66Cl15I3N16O11S2. The third-order valence-corrected chi connectivity index (χ3v) is 16.7. The minimum atomic E-state index is -1.20. The molecular weight excluding hydrogens is 2290 g/mol. The number of cyclic esters (lactones) is 2. The Morgan fingerprint density at radius 3 is 1.07 bits per heavy atom. The van der Waals surface area contributed by atoms with Crippen molar-refractivity contribution in [2.24, 2.45) is 33.1 Å². The van der Waals surface area contributed by atoms with Crippen LogP contribution >= 0.6 is 269 Å². The van der Waals surface area contributed by atoms with E-state index in [1.54, 1.807) is 141 Å². The van der Waals surface area contributed by atoms with E-state index in [9.17, 15) is 33.6 Å². The van der Waals surface area contributed by atoms with Crippen LogP contribution in [0.15, 0.2) is 180 Å². The molecule has 1 aliphatic rings. The fraction of sp³-hybridized carbons (Fsp3) is 0.0921. The summed E-state index contributed by atoms with van der Waals surface area (Å²) in [7, 11) is 0. The van der Waals surface area contributed by atoms with Crippen molar-refractivity contribution in [3.05, 3.63) is 280 Å². The Bertz CT molecular complexity index is 5280. The molecule has 11 rings (SSSR count). The lowest BCUT2D eigenvalue weighted by atomic mass is 10.2. The predicted molar refractivity (Wildman–Crippen MR) is 534 cm³/mol. The first-order valence-electron chi connectivity index (χ1n) is 32.3. The standard InChI is InChI=1S/C14H13Cl2N3O2.C12H10Cl2N2O3.C11H6Cl3N3O.C11H7Cl2N3O2.C8H7Cl2NS.C7H7Cl2N3.C7H5Cl2NS.C4H2O3.CH3I.CH4.2HI/c1-8(2)21-13(20)4-3-12-17-14(19-18-12)9-5-10(15)7-11(16)6-9;13-8-3-7(4-9(14)5-8)12(15)16-6-10(17)1-2-11(18)19;12-7-3-6(4-8(13)5-7)11-15-10(16-17-11)2-1-9(14)18;12-7-3-6(4-8(13)5-7)11-14-9(15-16-11)1-2-10(17)18;1-12-8(11)5-2-6(9)4-7(10)3-5;8-5-1-4(7(10)12-11)2-6(9)3-5;8-5-1-4(7(10)11)2-6(9)3-5;5-3-1-2-4(6)7-3;1-2;;;/h3-8H,1-2H3,(H,17,18,19);1-5H,6H2,(H2,15,16)(H,18,19);1-5H,(H,15,16,17);1-5H,(H,17,18)(H,14,15,16);2-4,11H,1H3;1-3H,11H2,(H2,10,12);1-3H,(H2,10,11);1-2H;1H3;1H4;2*1H/b4-3-;3*2-1-;;;;;;;;. The summed E-state index contributed by atoms with van der Waals surface area (Å²) in [5.74, 6) is 3.41. The van der Waals surface area contributed by atoms with Crippen molar-refractivity contribution in [2.45, 2.75) is 27.4 Å². The number of ether oxygens (including phenoxy) is 2. The number of hydrazone groups is 1. The van der Waals surface area contributed by atoms with Crippen LogP contribution in [0.5, 0.6) is 0 Å². The summed E-state index contributed by atoms with van der Waals surface area (Å²) in [6.45, 7) is 3.31. The maximum Gasteiger partial charge on any atom is 0.338 e. The average molecular weight is 2360 g/mol. The van der Waals surface area contributed by atoms with Gasteiger partial charge in [0.05, 0.1) is 11.1 Å². The van der Waals surface area contributed by atoms with Crippen LogP contribution in [0.25, 0.3) is 52.4 Å². The molecule has 4 heterocycles. The molecule has 27 nitrogen and oxygen atoms in total. The number of allylic oxidation sites excluding steroid dienone is 1. The zero-order valence-electron chi connectivity index (χ0n) is 62.3. The van der Waals surface area contributed by atoms with E-state index >= 15 is 0 Å². The number of halogens is 18. The lowest BCUT2D eigenvalue weighted by Gasteiger charge is -2.03. The van der Waals surface area contributed by atoms with Gasteiger partial charge in [-0.25, -0.2) is 38.9 Å². The lowest BCUT2D eigenvalue weighted by Crippen LogP contribution is -2.15. The normalized spacial score (nSPS) is 11.0. The highest BCUT2D eigenvalue weighted by Gasteiger charge is 2.14. The number of benzene rings is 7. The average Bonchev–Trinajstić information content (AvgIpc) is 1.73. The summed E-state index contributed by atoms with van der Waals surface area (Å²) in [6, 6.07) is 34.6. The van der Waals surface area contributed by atoms with E-state index in [0.29, 0.717) is 149 Å². The minimum Gasteiger partial charge on any atom is -0.478 e. The van der Waals surface area contributed by atoms with Crippen LogP contribution in [0.2, 0.25) is 70.3 Å². The van der Waals surface area contributed by atoms with Gasteiger partial charge in [0, 0.05) is 146 Å². The second-order valence-electron chi connectivity index (χ2n) is 22.2. The number of hydrogen-bond acceptors (Lipinski definition) is 21. The molecule has 123 heavy (non-hydrogen) atoms. The van der Waals surface area contributed by atoms with Gasteiger partial charge in [0.25, 0.3) is 0 Å². The maximum absolute atomic E-state index is 11.4. The number of ketones is 1. The number of esters is 3. The number of H-pyrrole nitrogens is 3. The van der Waals surface area contributed by atoms with Gasteiger partial charge in [0.15, 0.2) is 23.3 Å². The molecule has 654 valence electrons. The number of hydrogen-bond donors (Lipinski definition) is 10. The molecule has 0 amide bonds. The first-order valence-corrected chi connectivity index (χ1v) is 41.7. The molecule has 7 aromatic carbocycles. The number of aliphatic imine (C=N–C) groups is 1. The number of amidine groups is 2. The molecule has 0 bridgehead atoms. The van der Waals surface area contributed by atoms with Crippen molar-refractivity contribution in [1.82, 2.24) is 45.5 Å². The van der Waals surface area contributed by atoms with Crippen molar-refractivity contribution < 1.29 is 53.2 Å². The Kier molecular flexibility index (Phi) is 57.6. The van der Waals surface area contributed by atoms with Crippen molar-refractivity contribution in [3.8, 4) is 34.2 Å². The predicted octanol–water partition coefficient (Wildman–Crippen LogP) is 22.5. The second kappa shape index (κ2) is 61.2. The smallest absolute Gasteiger partial charge is 0.338 e. The number of aromatic nitrogens is 9. The summed E-state index contributed by atoms with van der Waals surface area (Å²) in [6.07, 6.45) is 13.2. The molecule has 0 aliphatic carbocycles. The number of nitrogens with one attached hydrogen (secondary N) is 4. The van der Waals surface area contributed by atoms with E-state index in [1.807, 2.05) is 11.2 Å². The number of thioether (sulfide) groups is 1. The number of thiocarbonyl (C=S) groups is 1. The highest BCUT2D eigenvalue weighted by atomic mass is 127. The second-order valence-corrected chi connectivity index (χ2v) is 29.9. The lowest BCUT2D eigenvalue weighted by molar-refractivity contribution is -0.150. The van der Waals surface area contributed by atoms with Gasteiger partial charge in [-0.3, -0.25) is 35.3 Å². The van der Waals surface area contributed by atoms with Crippen LogP contribution in [-0.4, -0.2) is 142 Å². The van der Waals surface area contributed by atoms with Crippen LogP contribution in [0.3, 0.4) is 0 Å². The number of aliphatic carboxylic acids is 2. The largest absolute Gasteiger partial charge is 0.478 e. The van der Waals surface area contributed by atoms with Gasteiger partial charge in [-0.05, 0) is 188 Å². The van der Waals surface area contributed by atoms with Crippen LogP contribution in [-0.2, 0) is 43.0 Å². The quantitative estimate of drug-likeness (QED) is 0.00326. The Morgan fingerprint density at radius 2 is 0.789 bits per heavy atom. The van der Waals surface area contributed by atoms with Crippen molar-refractivity contribution in [2.75, 3.05) is 17.7 Å². The molecule has 0 saturated heterocycles. The van der Waals surface area contributed by atoms with Gasteiger partial charge in [0.1, 0.15) is 40.7 Å². The number of carboxylic acids is 2. The zero-order chi connectivity index (χ0) is 90.0. The van der Waals surface area contributed by atoms with Gasteiger partial charge >= 0.3 is 29.8 Å². The van der Waals surface area contributed by atoms with Crippen LogP contribution < -0.4 is 23.0 Å². The molecule has 0 fully saturated rings. The molecule has 0 radical (unpaired) electrons. The highest BCUT2D eigenvalue weighted by molar-refractivity contribution is 14.1. The molecule has 0 unspecified atom stereocenters. The van der Waals surface area contributed by atoms with Gasteiger partial charge in [-0.15, -0.1) is 59.7 Å². The number of nitrogens with zero attached hydrogens (tertiary/aromatic N) is 8. The number of rotatable bonds is 18.